The topological polar surface area (TPSA) is 76.0 Å². The van der Waals surface area contributed by atoms with E-state index in [0.717, 1.165) is 5.56 Å². The Morgan fingerprint density at radius 3 is 2.58 bits per heavy atom. The Balaban J connectivity index is 2.10. The first kappa shape index (κ1) is 14.0. The number of ether oxygens (including phenoxy) is 2. The van der Waals surface area contributed by atoms with Crippen LogP contribution in [0.1, 0.15) is 12.5 Å². The Bertz CT molecular complexity index is 419. The van der Waals surface area contributed by atoms with Crippen molar-refractivity contribution in [1.82, 2.24) is 0 Å². The third-order valence-electron chi connectivity index (χ3n) is 3.20. The van der Waals surface area contributed by atoms with Gasteiger partial charge in [0, 0.05) is 13.3 Å². The number of aliphatic hydroxyl groups is 2. The van der Waals surface area contributed by atoms with Crippen LogP contribution >= 0.6 is 0 Å². The molecule has 0 radical (unpaired) electrons. The lowest BCUT2D eigenvalue weighted by Crippen LogP contribution is -2.38. The van der Waals surface area contributed by atoms with Gasteiger partial charge in [-0.2, -0.15) is 0 Å². The van der Waals surface area contributed by atoms with Gasteiger partial charge in [0.1, 0.15) is 18.3 Å². The normalized spacial score (nSPS) is 30.3. The van der Waals surface area contributed by atoms with Gasteiger partial charge < -0.3 is 19.7 Å². The Hall–Kier alpha value is -1.43. The molecule has 1 fully saturated rings. The fourth-order valence-electron chi connectivity index (χ4n) is 2.31. The van der Waals surface area contributed by atoms with Crippen LogP contribution in [-0.2, 0) is 20.7 Å². The summed E-state index contributed by atoms with van der Waals surface area (Å²) in [6.07, 6.45) is -2.37. The maximum atomic E-state index is 11.1. The van der Waals surface area contributed by atoms with Gasteiger partial charge in [0.25, 0.3) is 0 Å². The highest BCUT2D eigenvalue weighted by Gasteiger charge is 2.45. The van der Waals surface area contributed by atoms with Gasteiger partial charge in [-0.15, -0.1) is 0 Å². The molecule has 0 amide bonds. The Labute approximate surface area is 111 Å². The van der Waals surface area contributed by atoms with Crippen LogP contribution < -0.4 is 0 Å². The van der Waals surface area contributed by atoms with Gasteiger partial charge in [-0.25, -0.2) is 0 Å². The fraction of sp³-hybridized carbons (Fsp3) is 0.500. The molecule has 5 heteroatoms. The second kappa shape index (κ2) is 6.14. The quantitative estimate of drug-likeness (QED) is 0.766. The molecule has 4 atom stereocenters. The monoisotopic (exact) mass is 266 g/mol. The minimum absolute atomic E-state index is 0.301. The predicted molar refractivity (Wildman–Crippen MR) is 67.5 cm³/mol. The van der Waals surface area contributed by atoms with E-state index in [1.807, 2.05) is 30.3 Å². The predicted octanol–water partition coefficient (Wildman–Crippen LogP) is 0.281. The van der Waals surface area contributed by atoms with Crippen molar-refractivity contribution in [3.8, 4) is 0 Å². The number of hydrogen-bond donors (Lipinski definition) is 2. The Morgan fingerprint density at radius 2 is 2.00 bits per heavy atom. The molecule has 1 unspecified atom stereocenters. The molecule has 2 rings (SSSR count). The molecule has 0 bridgehead atoms. The van der Waals surface area contributed by atoms with Gasteiger partial charge in [-0.3, -0.25) is 4.79 Å². The lowest BCUT2D eigenvalue weighted by Gasteiger charge is -2.20. The Kier molecular flexibility index (Phi) is 4.52. The molecule has 5 nitrogen and oxygen atoms in total. The minimum atomic E-state index is -0.998. The molecule has 1 aromatic rings. The zero-order valence-corrected chi connectivity index (χ0v) is 10.7. The molecule has 0 saturated carbocycles. The smallest absolute Gasteiger partial charge is 0.303 e. The highest BCUT2D eigenvalue weighted by atomic mass is 16.6. The molecule has 1 saturated heterocycles. The summed E-state index contributed by atoms with van der Waals surface area (Å²) < 4.78 is 10.7. The van der Waals surface area contributed by atoms with Crippen LogP contribution in [0, 0.1) is 0 Å². The fourth-order valence-corrected chi connectivity index (χ4v) is 2.31. The van der Waals surface area contributed by atoms with Crippen molar-refractivity contribution >= 4 is 5.97 Å². The van der Waals surface area contributed by atoms with Crippen molar-refractivity contribution in [3.63, 3.8) is 0 Å². The molecule has 1 aliphatic rings. The van der Waals surface area contributed by atoms with Gasteiger partial charge in [0.2, 0.25) is 0 Å². The van der Waals surface area contributed by atoms with Crippen LogP contribution in [-0.4, -0.2) is 47.2 Å². The van der Waals surface area contributed by atoms with E-state index >= 15 is 0 Å². The van der Waals surface area contributed by atoms with Crippen molar-refractivity contribution in [2.24, 2.45) is 0 Å². The highest BCUT2D eigenvalue weighted by Crippen LogP contribution is 2.26. The first-order chi connectivity index (χ1) is 9.11. The lowest BCUT2D eigenvalue weighted by atomic mass is 10.0. The van der Waals surface area contributed by atoms with Crippen LogP contribution in [0.2, 0.25) is 0 Å². The number of carbonyl (C=O) groups excluding carboxylic acids is 1. The summed E-state index contributed by atoms with van der Waals surface area (Å²) in [5.74, 6) is -0.468. The van der Waals surface area contributed by atoms with Crippen LogP contribution in [0.15, 0.2) is 30.3 Å². The van der Waals surface area contributed by atoms with Crippen molar-refractivity contribution < 1.29 is 24.5 Å². The van der Waals surface area contributed by atoms with E-state index in [1.54, 1.807) is 0 Å². The van der Waals surface area contributed by atoms with Crippen LogP contribution in [0.25, 0.3) is 0 Å². The summed E-state index contributed by atoms with van der Waals surface area (Å²) in [5, 5.41) is 19.1. The molecule has 0 aliphatic carbocycles. The standard InChI is InChI=1S/C14H18O5/c1-9(16)18-14-11(19-12(8-15)13(14)17)7-10-5-3-2-4-6-10/h2-6,11-15,17H,7-8H2,1H3/t11-,12+,13?,14+/m0/s1. The lowest BCUT2D eigenvalue weighted by molar-refractivity contribution is -0.152. The summed E-state index contributed by atoms with van der Waals surface area (Å²) in [5.41, 5.74) is 1.02. The van der Waals surface area contributed by atoms with Crippen molar-refractivity contribution in [3.05, 3.63) is 35.9 Å². The average molecular weight is 266 g/mol. The number of hydrogen-bond acceptors (Lipinski definition) is 5. The van der Waals surface area contributed by atoms with Gasteiger partial charge in [0.05, 0.1) is 6.61 Å². The Morgan fingerprint density at radius 1 is 1.32 bits per heavy atom. The summed E-state index contributed by atoms with van der Waals surface area (Å²) in [6.45, 7) is 0.989. The molecule has 104 valence electrons. The molecular formula is C14H18O5. The number of benzene rings is 1. The zero-order valence-electron chi connectivity index (χ0n) is 10.7. The summed E-state index contributed by atoms with van der Waals surface area (Å²) in [4.78, 5) is 11.1. The van der Waals surface area contributed by atoms with Crippen LogP contribution in [0.5, 0.6) is 0 Å². The summed E-state index contributed by atoms with van der Waals surface area (Å²) >= 11 is 0. The van der Waals surface area contributed by atoms with Gasteiger partial charge in [-0.05, 0) is 5.56 Å². The van der Waals surface area contributed by atoms with Crippen molar-refractivity contribution in [2.75, 3.05) is 6.61 Å². The van der Waals surface area contributed by atoms with Gasteiger partial charge in [0.15, 0.2) is 6.10 Å². The van der Waals surface area contributed by atoms with E-state index in [1.165, 1.54) is 6.92 Å². The maximum absolute atomic E-state index is 11.1. The number of esters is 1. The van der Waals surface area contributed by atoms with Crippen molar-refractivity contribution in [2.45, 2.75) is 37.8 Å². The first-order valence-electron chi connectivity index (χ1n) is 6.27. The maximum Gasteiger partial charge on any atom is 0.303 e. The van der Waals surface area contributed by atoms with E-state index in [-0.39, 0.29) is 6.61 Å². The molecule has 19 heavy (non-hydrogen) atoms. The number of aliphatic hydroxyl groups excluding tert-OH is 2. The second-order valence-electron chi connectivity index (χ2n) is 4.65. The van der Waals surface area contributed by atoms with E-state index < -0.39 is 30.4 Å². The molecule has 2 N–H and O–H groups in total. The zero-order chi connectivity index (χ0) is 13.8. The highest BCUT2D eigenvalue weighted by molar-refractivity contribution is 5.66. The van der Waals surface area contributed by atoms with Gasteiger partial charge in [-0.1, -0.05) is 30.3 Å². The van der Waals surface area contributed by atoms with Crippen LogP contribution in [0.4, 0.5) is 0 Å². The largest absolute Gasteiger partial charge is 0.457 e. The third-order valence-corrected chi connectivity index (χ3v) is 3.20. The average Bonchev–Trinajstić information content (AvgIpc) is 2.68. The number of carbonyl (C=O) groups is 1. The molecule has 1 aliphatic heterocycles. The SMILES string of the molecule is CC(=O)O[C@H]1C(O)[C@@H](CO)O[C@H]1Cc1ccccc1. The molecule has 0 aromatic heterocycles. The summed E-state index contributed by atoms with van der Waals surface area (Å²) in [6, 6.07) is 9.60. The minimum Gasteiger partial charge on any atom is -0.457 e. The van der Waals surface area contributed by atoms with E-state index in [2.05, 4.69) is 0 Å². The van der Waals surface area contributed by atoms with E-state index in [0.29, 0.717) is 6.42 Å². The van der Waals surface area contributed by atoms with E-state index in [9.17, 15) is 9.90 Å². The first-order valence-corrected chi connectivity index (χ1v) is 6.27. The van der Waals surface area contributed by atoms with E-state index in [4.69, 9.17) is 14.6 Å². The molecule has 1 heterocycles. The molecular weight excluding hydrogens is 248 g/mol. The number of rotatable bonds is 4. The molecule has 1 aromatic carbocycles. The molecule has 0 spiro atoms. The van der Waals surface area contributed by atoms with Crippen LogP contribution in [0.3, 0.4) is 0 Å². The second-order valence-corrected chi connectivity index (χ2v) is 4.65. The summed E-state index contributed by atoms with van der Waals surface area (Å²) in [7, 11) is 0. The van der Waals surface area contributed by atoms with Gasteiger partial charge >= 0.3 is 5.97 Å². The third kappa shape index (κ3) is 3.32. The van der Waals surface area contributed by atoms with Crippen molar-refractivity contribution in [1.29, 1.82) is 0 Å².